The molecule has 1 amide bonds. The molecule has 2 aliphatic rings. The lowest BCUT2D eigenvalue weighted by Gasteiger charge is -2.35. The smallest absolute Gasteiger partial charge is 0.424 e. The van der Waals surface area contributed by atoms with Crippen molar-refractivity contribution in [1.29, 1.82) is 0 Å². The average Bonchev–Trinajstić information content (AvgIpc) is 2.99. The fourth-order valence-corrected chi connectivity index (χ4v) is 5.25. The molecule has 0 aliphatic carbocycles. The SMILES string of the molecule is Cc1ccc(S(=O)(=O)N2C(=O)O[C@@H]3CCN(Cc4ccccc4)C[C@@H]32)cc1. The second kappa shape index (κ2) is 6.98. The van der Waals surface area contributed by atoms with E-state index >= 15 is 0 Å². The molecule has 0 bridgehead atoms. The monoisotopic (exact) mass is 386 g/mol. The highest BCUT2D eigenvalue weighted by Gasteiger charge is 2.50. The normalized spacial score (nSPS) is 23.1. The number of benzene rings is 2. The molecule has 142 valence electrons. The number of piperidine rings is 1. The molecule has 2 atom stereocenters. The van der Waals surface area contributed by atoms with Crippen molar-refractivity contribution in [3.63, 3.8) is 0 Å². The van der Waals surface area contributed by atoms with Gasteiger partial charge in [-0.2, -0.15) is 4.31 Å². The standard InChI is InChI=1S/C20H22N2O4S/c1-15-7-9-17(10-8-15)27(24,25)22-18-14-21(12-11-19(18)26-20(22)23)13-16-5-3-2-4-6-16/h2-10,18-19H,11-14H2,1H3/t18-,19+/m0/s1. The minimum atomic E-state index is -3.94. The number of hydrogen-bond donors (Lipinski definition) is 0. The molecule has 2 aromatic carbocycles. The molecule has 2 heterocycles. The number of carbonyl (C=O) groups excluding carboxylic acids is 1. The Hall–Kier alpha value is -2.38. The van der Waals surface area contributed by atoms with Gasteiger partial charge in [-0.1, -0.05) is 48.0 Å². The number of fused-ring (bicyclic) bond motifs is 1. The molecule has 2 aromatic rings. The van der Waals surface area contributed by atoms with E-state index in [0.29, 0.717) is 13.0 Å². The molecule has 0 radical (unpaired) electrons. The molecule has 6 nitrogen and oxygen atoms in total. The zero-order chi connectivity index (χ0) is 19.0. The number of rotatable bonds is 4. The van der Waals surface area contributed by atoms with Crippen LogP contribution in [0, 0.1) is 6.92 Å². The highest BCUT2D eigenvalue weighted by Crippen LogP contribution is 2.32. The Kier molecular flexibility index (Phi) is 4.65. The number of aryl methyl sites for hydroxylation is 1. The predicted octanol–water partition coefficient (Wildman–Crippen LogP) is 2.78. The first-order valence-electron chi connectivity index (χ1n) is 9.03. The van der Waals surface area contributed by atoms with Gasteiger partial charge < -0.3 is 4.74 Å². The molecule has 0 unspecified atom stereocenters. The lowest BCUT2D eigenvalue weighted by molar-refractivity contribution is 0.0751. The average molecular weight is 386 g/mol. The molecule has 0 aromatic heterocycles. The van der Waals surface area contributed by atoms with Crippen LogP contribution in [0.25, 0.3) is 0 Å². The molecule has 4 rings (SSSR count). The lowest BCUT2D eigenvalue weighted by Crippen LogP contribution is -2.52. The van der Waals surface area contributed by atoms with Crippen molar-refractivity contribution in [2.45, 2.75) is 36.9 Å². The van der Waals surface area contributed by atoms with Gasteiger partial charge in [0.05, 0.1) is 4.90 Å². The van der Waals surface area contributed by atoms with Gasteiger partial charge in [0.1, 0.15) is 12.1 Å². The van der Waals surface area contributed by atoms with Crippen LogP contribution >= 0.6 is 0 Å². The summed E-state index contributed by atoms with van der Waals surface area (Å²) in [6.45, 7) is 3.84. The van der Waals surface area contributed by atoms with Crippen molar-refractivity contribution < 1.29 is 17.9 Å². The number of ether oxygens (including phenoxy) is 1. The molecule has 2 fully saturated rings. The molecular formula is C20H22N2O4S. The number of likely N-dealkylation sites (tertiary alicyclic amines) is 1. The van der Waals surface area contributed by atoms with E-state index in [9.17, 15) is 13.2 Å². The van der Waals surface area contributed by atoms with Crippen LogP contribution in [0.3, 0.4) is 0 Å². The van der Waals surface area contributed by atoms with Gasteiger partial charge in [-0.25, -0.2) is 13.2 Å². The maximum atomic E-state index is 13.1. The fourth-order valence-electron chi connectivity index (χ4n) is 3.74. The summed E-state index contributed by atoms with van der Waals surface area (Å²) in [5, 5.41) is 0. The van der Waals surface area contributed by atoms with Crippen LogP contribution in [-0.2, 0) is 21.3 Å². The first kappa shape index (κ1) is 18.0. The Morgan fingerprint density at radius 1 is 1.07 bits per heavy atom. The third-order valence-electron chi connectivity index (χ3n) is 5.16. The van der Waals surface area contributed by atoms with E-state index in [1.165, 1.54) is 12.1 Å². The molecular weight excluding hydrogens is 364 g/mol. The molecule has 7 heteroatoms. The van der Waals surface area contributed by atoms with Crippen LogP contribution in [0.2, 0.25) is 0 Å². The second-order valence-corrected chi connectivity index (χ2v) is 8.93. The van der Waals surface area contributed by atoms with Crippen LogP contribution in [0.5, 0.6) is 0 Å². The molecule has 0 N–H and O–H groups in total. The van der Waals surface area contributed by atoms with Gasteiger partial charge >= 0.3 is 6.09 Å². The largest absolute Gasteiger partial charge is 0.443 e. The van der Waals surface area contributed by atoms with Crippen molar-refractivity contribution in [2.24, 2.45) is 0 Å². The lowest BCUT2D eigenvalue weighted by atomic mass is 10.0. The number of carbonyl (C=O) groups is 1. The Balaban J connectivity index is 1.58. The quantitative estimate of drug-likeness (QED) is 0.808. The zero-order valence-electron chi connectivity index (χ0n) is 15.1. The van der Waals surface area contributed by atoms with Crippen molar-refractivity contribution in [3.8, 4) is 0 Å². The van der Waals surface area contributed by atoms with Crippen LogP contribution < -0.4 is 0 Å². The van der Waals surface area contributed by atoms with Crippen molar-refractivity contribution >= 4 is 16.1 Å². The number of amides is 1. The van der Waals surface area contributed by atoms with Crippen molar-refractivity contribution in [3.05, 3.63) is 65.7 Å². The van der Waals surface area contributed by atoms with Crippen LogP contribution in [0.1, 0.15) is 17.5 Å². The van der Waals surface area contributed by atoms with E-state index in [4.69, 9.17) is 4.74 Å². The van der Waals surface area contributed by atoms with Gasteiger partial charge in [-0.3, -0.25) is 4.90 Å². The van der Waals surface area contributed by atoms with Crippen LogP contribution in [-0.4, -0.2) is 49.0 Å². The first-order chi connectivity index (χ1) is 12.9. The van der Waals surface area contributed by atoms with Gasteiger partial charge in [-0.15, -0.1) is 0 Å². The maximum absolute atomic E-state index is 13.1. The fraction of sp³-hybridized carbons (Fsp3) is 0.350. The Labute approximate surface area is 159 Å². The minimum Gasteiger partial charge on any atom is -0.443 e. The summed E-state index contributed by atoms with van der Waals surface area (Å²) in [5.41, 5.74) is 2.12. The predicted molar refractivity (Wildman–Crippen MR) is 101 cm³/mol. The maximum Gasteiger partial charge on any atom is 0.424 e. The van der Waals surface area contributed by atoms with Crippen molar-refractivity contribution in [1.82, 2.24) is 9.21 Å². The highest BCUT2D eigenvalue weighted by molar-refractivity contribution is 7.89. The summed E-state index contributed by atoms with van der Waals surface area (Å²) < 4.78 is 32.5. The second-order valence-electron chi connectivity index (χ2n) is 7.11. The van der Waals surface area contributed by atoms with Gasteiger partial charge in [0.2, 0.25) is 0 Å². The third-order valence-corrected chi connectivity index (χ3v) is 6.97. The summed E-state index contributed by atoms with van der Waals surface area (Å²) >= 11 is 0. The van der Waals surface area contributed by atoms with E-state index in [1.807, 2.05) is 37.3 Å². The van der Waals surface area contributed by atoms with Gasteiger partial charge in [0, 0.05) is 19.6 Å². The van der Waals surface area contributed by atoms with Crippen LogP contribution in [0.4, 0.5) is 4.79 Å². The summed E-state index contributed by atoms with van der Waals surface area (Å²) in [4.78, 5) is 14.7. The van der Waals surface area contributed by atoms with E-state index in [2.05, 4.69) is 4.90 Å². The topological polar surface area (TPSA) is 66.9 Å². The molecule has 0 spiro atoms. The summed E-state index contributed by atoms with van der Waals surface area (Å²) in [7, 11) is -3.94. The van der Waals surface area contributed by atoms with E-state index in [1.54, 1.807) is 12.1 Å². The van der Waals surface area contributed by atoms with E-state index < -0.39 is 22.2 Å². The molecule has 0 saturated carbocycles. The zero-order valence-corrected chi connectivity index (χ0v) is 15.9. The summed E-state index contributed by atoms with van der Waals surface area (Å²) in [6, 6.07) is 16.1. The van der Waals surface area contributed by atoms with Gasteiger partial charge in [0.15, 0.2) is 0 Å². The highest BCUT2D eigenvalue weighted by atomic mass is 32.2. The third kappa shape index (κ3) is 3.44. The van der Waals surface area contributed by atoms with Crippen molar-refractivity contribution in [2.75, 3.05) is 13.1 Å². The number of hydrogen-bond acceptors (Lipinski definition) is 5. The van der Waals surface area contributed by atoms with Crippen LogP contribution in [0.15, 0.2) is 59.5 Å². The summed E-state index contributed by atoms with van der Waals surface area (Å²) in [6.07, 6.45) is -0.528. The minimum absolute atomic E-state index is 0.117. The molecule has 27 heavy (non-hydrogen) atoms. The first-order valence-corrected chi connectivity index (χ1v) is 10.5. The van der Waals surface area contributed by atoms with Gasteiger partial charge in [-0.05, 0) is 31.0 Å². The Morgan fingerprint density at radius 3 is 2.48 bits per heavy atom. The Morgan fingerprint density at radius 2 is 1.78 bits per heavy atom. The number of sulfonamides is 1. The number of nitrogens with zero attached hydrogens (tertiary/aromatic N) is 2. The van der Waals surface area contributed by atoms with Gasteiger partial charge in [0.25, 0.3) is 10.0 Å². The summed E-state index contributed by atoms with van der Waals surface area (Å²) in [5.74, 6) is 0. The van der Waals surface area contributed by atoms with E-state index in [0.717, 1.165) is 28.5 Å². The van der Waals surface area contributed by atoms with E-state index in [-0.39, 0.29) is 11.0 Å². The molecule has 2 aliphatic heterocycles. The molecule has 2 saturated heterocycles. The Bertz CT molecular complexity index is 928.